The van der Waals surface area contributed by atoms with Crippen molar-refractivity contribution in [3.05, 3.63) is 211 Å². The largest absolute Gasteiger partial charge is 0.508 e. The number of carbonyl (C=O) groups excluding carboxylic acids is 7. The second-order valence-electron chi connectivity index (χ2n) is 20.3. The number of aromatic hydroxyl groups is 8. The minimum absolute atomic E-state index is 0.0157. The zero-order chi connectivity index (χ0) is 72.0. The minimum Gasteiger partial charge on any atom is -0.508 e. The molecule has 0 radical (unpaired) electrons. The van der Waals surface area contributed by atoms with Gasteiger partial charge in [-0.15, -0.1) is 0 Å². The van der Waals surface area contributed by atoms with Crippen LogP contribution in [0.25, 0.3) is 12.2 Å². The molecule has 0 spiro atoms. The summed E-state index contributed by atoms with van der Waals surface area (Å²) in [5.41, 5.74) is 2.45. The molecule has 508 valence electrons. The van der Waals surface area contributed by atoms with Crippen LogP contribution < -0.4 is 28.4 Å². The van der Waals surface area contributed by atoms with Crippen molar-refractivity contribution in [2.75, 3.05) is 42.7 Å². The van der Waals surface area contributed by atoms with E-state index in [1.165, 1.54) is 152 Å². The summed E-state index contributed by atoms with van der Waals surface area (Å²) in [6.07, 6.45) is 5.91. The van der Waals surface area contributed by atoms with Gasteiger partial charge in [-0.1, -0.05) is 18.2 Å². The summed E-state index contributed by atoms with van der Waals surface area (Å²) in [5.74, 6) is -5.91. The molecule has 8 aromatic carbocycles. The van der Waals surface area contributed by atoms with Crippen LogP contribution in [0.3, 0.4) is 0 Å². The maximum Gasteiger partial charge on any atom is 0.233 e. The van der Waals surface area contributed by atoms with E-state index >= 15 is 0 Å². The molecule has 8 rings (SSSR count). The summed E-state index contributed by atoms with van der Waals surface area (Å²) in [4.78, 5) is 86.1. The van der Waals surface area contributed by atoms with Crippen LogP contribution in [0.5, 0.6) is 80.5 Å². The number of allylic oxidation sites excluding steroid dienone is 2. The summed E-state index contributed by atoms with van der Waals surface area (Å²) < 4.78 is 29.7. The second kappa shape index (κ2) is 35.3. The van der Waals surface area contributed by atoms with Gasteiger partial charge in [0.15, 0.2) is 74.8 Å². The fourth-order valence-electron chi connectivity index (χ4n) is 8.80. The normalized spacial score (nSPS) is 10.6. The molecule has 26 heteroatoms. The SMILES string of the molecule is COc1cc(/C=C/C(=O)/C=C/c2cc(CO)c(O)c(OC)c2)ccc1O.COc1cc(C(=O)C(=O)c2cc(C)c(O)c(CO)c2)cc(CO)c1O.COc1cc(C(=O)C(=O)c2cc(CO)c(O)c(OC)c2)ccc1O.COc1cc(C(=O)C(=O)c2ccc(O)c(CO)c2)ccc1O. The third kappa shape index (κ3) is 19.1. The first-order valence-corrected chi connectivity index (χ1v) is 28.4. The third-order valence-corrected chi connectivity index (χ3v) is 14.1. The van der Waals surface area contributed by atoms with E-state index < -0.39 is 61.1 Å². The molecule has 13 N–H and O–H groups in total. The molecule has 0 saturated heterocycles. The van der Waals surface area contributed by atoms with Crippen molar-refractivity contribution in [2.45, 2.75) is 40.0 Å². The molecule has 8 aromatic rings. The molecule has 0 atom stereocenters. The van der Waals surface area contributed by atoms with Crippen molar-refractivity contribution in [1.82, 2.24) is 0 Å². The number of Topliss-reactive ketones (excluding diaryl/α,β-unsaturated/α-hetero) is 6. The zero-order valence-electron chi connectivity index (χ0n) is 53.0. The Morgan fingerprint density at radius 2 is 0.577 bits per heavy atom. The smallest absolute Gasteiger partial charge is 0.233 e. The topological polar surface area (TPSA) is 438 Å². The van der Waals surface area contributed by atoms with Gasteiger partial charge in [-0.3, -0.25) is 33.6 Å². The van der Waals surface area contributed by atoms with E-state index in [1.807, 2.05) is 0 Å². The fraction of sp³-hybridized carbons (Fsp3) is 0.169. The van der Waals surface area contributed by atoms with Gasteiger partial charge in [0.05, 0.1) is 75.7 Å². The molecule has 0 amide bonds. The van der Waals surface area contributed by atoms with Crippen LogP contribution in [-0.2, 0) is 37.8 Å². The van der Waals surface area contributed by atoms with Crippen LogP contribution in [0, 0.1) is 6.92 Å². The zero-order valence-corrected chi connectivity index (χ0v) is 53.0. The number of phenolic OH excluding ortho intramolecular Hbond substituents is 3. The lowest BCUT2D eigenvalue weighted by atomic mass is 9.96. The maximum atomic E-state index is 12.5. The quantitative estimate of drug-likeness (QED) is 0.0156. The van der Waals surface area contributed by atoms with Gasteiger partial charge in [0.25, 0.3) is 0 Å². The van der Waals surface area contributed by atoms with Crippen LogP contribution in [0.1, 0.15) is 107 Å². The Balaban J connectivity index is 0.000000234. The number of ether oxygens (including phenoxy) is 6. The number of phenols is 8. The van der Waals surface area contributed by atoms with Crippen molar-refractivity contribution < 1.29 is 128 Å². The molecule has 26 nitrogen and oxygen atoms in total. The summed E-state index contributed by atoms with van der Waals surface area (Å²) in [6, 6.07) is 26.7. The molecule has 0 aliphatic heterocycles. The summed E-state index contributed by atoms with van der Waals surface area (Å²) in [7, 11) is 8.08. The Hall–Kier alpha value is -12.1. The van der Waals surface area contributed by atoms with Gasteiger partial charge in [0.1, 0.15) is 11.5 Å². The van der Waals surface area contributed by atoms with Crippen LogP contribution in [0.15, 0.2) is 133 Å². The Morgan fingerprint density at radius 1 is 0.299 bits per heavy atom. The molecule has 0 heterocycles. The number of hydrogen-bond donors (Lipinski definition) is 13. The lowest BCUT2D eigenvalue weighted by molar-refractivity contribution is -0.110. The van der Waals surface area contributed by atoms with E-state index in [9.17, 15) is 94.8 Å². The standard InChI is InChI=1S/C20H20O6.C18H18O7.C17H16O7.C16H14O6/c1-25-18-10-13(5-8-17(18)23)3-6-16(22)7-4-14-9-15(12-21)20(24)19(11-14)26-2;1-9-3-10(4-12(7-19)15(9)21)17(23)18(24)11-5-13(8-20)16(22)14(6-11)25-2;1-23-13-6-9(3-4-12(13)19)16(21)17(22)10-5-11(8-18)15(20)14(7-10)24-2;1-22-14-7-10(3-5-13(14)19)16(21)15(20)9-2-4-12(18)11(6-9)8-17/h3-11,21,23-24H,12H2,1-2H3;3-6,19-22H,7-8H2,1-2H3;3-7,18-20H,8H2,1-2H3;2-7,17-19H,8H2,1H3/b6-3+,7-4+;;;. The summed E-state index contributed by atoms with van der Waals surface area (Å²) >= 11 is 0. The fourth-order valence-corrected chi connectivity index (χ4v) is 8.80. The summed E-state index contributed by atoms with van der Waals surface area (Å²) in [5, 5.41) is 123. The minimum atomic E-state index is -0.873. The molecular weight excluding hydrogens is 1270 g/mol. The highest BCUT2D eigenvalue weighted by atomic mass is 16.5. The predicted molar refractivity (Wildman–Crippen MR) is 348 cm³/mol. The number of rotatable bonds is 24. The lowest BCUT2D eigenvalue weighted by Gasteiger charge is -2.11. The molecule has 0 aromatic heterocycles. The first kappa shape index (κ1) is 75.6. The van der Waals surface area contributed by atoms with E-state index in [2.05, 4.69) is 0 Å². The number of aliphatic hydroxyl groups excluding tert-OH is 5. The first-order chi connectivity index (χ1) is 46.2. The Labute approximate surface area is 553 Å². The number of aliphatic hydroxyl groups is 5. The van der Waals surface area contributed by atoms with Crippen molar-refractivity contribution in [1.29, 1.82) is 0 Å². The number of benzene rings is 8. The highest BCUT2D eigenvalue weighted by molar-refractivity contribution is 6.50. The molecular formula is C71H68O26. The van der Waals surface area contributed by atoms with Crippen molar-refractivity contribution in [3.63, 3.8) is 0 Å². The average molecular weight is 1340 g/mol. The predicted octanol–water partition coefficient (Wildman–Crippen LogP) is 7.71. The van der Waals surface area contributed by atoms with Gasteiger partial charge in [0, 0.05) is 61.2 Å². The highest BCUT2D eigenvalue weighted by Gasteiger charge is 2.26. The highest BCUT2D eigenvalue weighted by Crippen LogP contribution is 2.36. The second-order valence-corrected chi connectivity index (χ2v) is 20.3. The maximum absolute atomic E-state index is 12.5. The Bertz CT molecular complexity index is 4170. The van der Waals surface area contributed by atoms with Gasteiger partial charge < -0.3 is 94.8 Å². The molecule has 0 bridgehead atoms. The van der Waals surface area contributed by atoms with E-state index in [-0.39, 0.29) is 143 Å². The third-order valence-electron chi connectivity index (χ3n) is 14.1. The molecule has 97 heavy (non-hydrogen) atoms. The van der Waals surface area contributed by atoms with Crippen LogP contribution in [0.4, 0.5) is 0 Å². The van der Waals surface area contributed by atoms with Gasteiger partial charge in [-0.05, 0) is 151 Å². The number of carbonyl (C=O) groups is 7. The van der Waals surface area contributed by atoms with Gasteiger partial charge >= 0.3 is 0 Å². The van der Waals surface area contributed by atoms with Crippen molar-refractivity contribution >= 4 is 52.6 Å². The Morgan fingerprint density at radius 3 is 0.969 bits per heavy atom. The van der Waals surface area contributed by atoms with Gasteiger partial charge in [-0.2, -0.15) is 0 Å². The number of methoxy groups -OCH3 is 6. The van der Waals surface area contributed by atoms with Crippen LogP contribution in [-0.4, -0.2) is 150 Å². The number of hydrogen-bond acceptors (Lipinski definition) is 26. The van der Waals surface area contributed by atoms with E-state index in [0.29, 0.717) is 28.0 Å². The van der Waals surface area contributed by atoms with E-state index in [1.54, 1.807) is 43.3 Å². The molecule has 0 saturated carbocycles. The van der Waals surface area contributed by atoms with Gasteiger partial charge in [0.2, 0.25) is 34.7 Å². The lowest BCUT2D eigenvalue weighted by Crippen LogP contribution is -2.16. The molecule has 0 aliphatic carbocycles. The molecule has 0 aliphatic rings. The van der Waals surface area contributed by atoms with Crippen molar-refractivity contribution in [2.24, 2.45) is 0 Å². The van der Waals surface area contributed by atoms with E-state index in [4.69, 9.17) is 33.5 Å². The van der Waals surface area contributed by atoms with Crippen LogP contribution >= 0.6 is 0 Å². The number of ketones is 7. The molecule has 0 unspecified atom stereocenters. The first-order valence-electron chi connectivity index (χ1n) is 28.4. The Kier molecular flexibility index (Phi) is 27.5. The van der Waals surface area contributed by atoms with Crippen molar-refractivity contribution in [3.8, 4) is 80.5 Å². The average Bonchev–Trinajstić information content (AvgIpc) is 0.858. The number of aryl methyl sites for hydroxylation is 1. The summed E-state index contributed by atoms with van der Waals surface area (Å²) in [6.45, 7) is -0.795. The molecule has 0 fully saturated rings. The van der Waals surface area contributed by atoms with Gasteiger partial charge in [-0.25, -0.2) is 0 Å². The van der Waals surface area contributed by atoms with Crippen LogP contribution in [0.2, 0.25) is 0 Å². The monoisotopic (exact) mass is 1340 g/mol. The van der Waals surface area contributed by atoms with E-state index in [0.717, 1.165) is 0 Å².